The molecule has 5 heteroatoms. The molecule has 0 radical (unpaired) electrons. The van der Waals surface area contributed by atoms with Crippen LogP contribution in [0.2, 0.25) is 5.02 Å². The molecule has 4 nitrogen and oxygen atoms in total. The number of aromatic nitrogens is 2. The summed E-state index contributed by atoms with van der Waals surface area (Å²) in [5.41, 5.74) is -0.0748. The first-order chi connectivity index (χ1) is 10.1. The summed E-state index contributed by atoms with van der Waals surface area (Å²) in [6.07, 6.45) is 6.68. The predicted molar refractivity (Wildman–Crippen MR) is 85.9 cm³/mol. The number of hydrogen-bond donors (Lipinski definition) is 1. The maximum absolute atomic E-state index is 5.85. The molecule has 0 saturated heterocycles. The third kappa shape index (κ3) is 5.78. The third-order valence-corrected chi connectivity index (χ3v) is 3.42. The summed E-state index contributed by atoms with van der Waals surface area (Å²) in [7, 11) is 0. The quantitative estimate of drug-likeness (QED) is 0.760. The van der Waals surface area contributed by atoms with Crippen molar-refractivity contribution in [3.8, 4) is 5.75 Å². The molecule has 2 aromatic rings. The molecule has 0 amide bonds. The van der Waals surface area contributed by atoms with Gasteiger partial charge in [0.15, 0.2) is 0 Å². The number of ether oxygens (including phenoxy) is 1. The molecular weight excluding hydrogens is 286 g/mol. The van der Waals surface area contributed by atoms with Crippen molar-refractivity contribution in [1.82, 2.24) is 14.9 Å². The first-order valence-corrected chi connectivity index (χ1v) is 7.52. The fourth-order valence-electron chi connectivity index (χ4n) is 1.95. The van der Waals surface area contributed by atoms with Gasteiger partial charge in [0.05, 0.1) is 6.33 Å². The van der Waals surface area contributed by atoms with E-state index >= 15 is 0 Å². The average Bonchev–Trinajstić information content (AvgIpc) is 2.96. The van der Waals surface area contributed by atoms with Crippen molar-refractivity contribution < 1.29 is 4.74 Å². The predicted octanol–water partition coefficient (Wildman–Crippen LogP) is 3.37. The van der Waals surface area contributed by atoms with Gasteiger partial charge in [0.25, 0.3) is 0 Å². The van der Waals surface area contributed by atoms with Crippen LogP contribution in [0.5, 0.6) is 5.75 Å². The number of aryl methyl sites for hydroxylation is 1. The van der Waals surface area contributed by atoms with Crippen molar-refractivity contribution in [2.24, 2.45) is 0 Å². The van der Waals surface area contributed by atoms with Gasteiger partial charge in [-0.2, -0.15) is 0 Å². The Morgan fingerprint density at radius 2 is 2.05 bits per heavy atom. The van der Waals surface area contributed by atoms with Crippen LogP contribution in [0.4, 0.5) is 0 Å². The first kappa shape index (κ1) is 15.9. The van der Waals surface area contributed by atoms with E-state index in [1.165, 1.54) is 0 Å². The first-order valence-electron chi connectivity index (χ1n) is 7.14. The van der Waals surface area contributed by atoms with E-state index in [1.807, 2.05) is 36.8 Å². The van der Waals surface area contributed by atoms with Crippen molar-refractivity contribution in [1.29, 1.82) is 0 Å². The lowest BCUT2D eigenvalue weighted by atomic mass is 10.1. The zero-order valence-electron chi connectivity index (χ0n) is 12.6. The summed E-state index contributed by atoms with van der Waals surface area (Å²) in [5.74, 6) is 0.840. The van der Waals surface area contributed by atoms with Gasteiger partial charge in [-0.1, -0.05) is 11.6 Å². The van der Waals surface area contributed by atoms with Crippen LogP contribution in [0.15, 0.2) is 43.0 Å². The van der Waals surface area contributed by atoms with Gasteiger partial charge in [0.1, 0.15) is 12.4 Å². The van der Waals surface area contributed by atoms with Gasteiger partial charge in [-0.3, -0.25) is 0 Å². The standard InChI is InChI=1S/C16H22ClN3O/c1-16(2,12-21-15-6-4-14(17)5-7-15)19-8-3-10-20-11-9-18-13-20/h4-7,9,11,13,19H,3,8,10,12H2,1-2H3. The summed E-state index contributed by atoms with van der Waals surface area (Å²) in [4.78, 5) is 4.03. The number of nitrogens with zero attached hydrogens (tertiary/aromatic N) is 2. The Morgan fingerprint density at radius 3 is 2.71 bits per heavy atom. The van der Waals surface area contributed by atoms with Crippen LogP contribution >= 0.6 is 11.6 Å². The van der Waals surface area contributed by atoms with Crippen LogP contribution < -0.4 is 10.1 Å². The lowest BCUT2D eigenvalue weighted by Crippen LogP contribution is -2.45. The Bertz CT molecular complexity index is 523. The minimum atomic E-state index is -0.0748. The Hall–Kier alpha value is -1.52. The highest BCUT2D eigenvalue weighted by atomic mass is 35.5. The number of rotatable bonds is 8. The van der Waals surface area contributed by atoms with E-state index < -0.39 is 0 Å². The highest BCUT2D eigenvalue weighted by Crippen LogP contribution is 2.16. The normalized spacial score (nSPS) is 11.6. The largest absolute Gasteiger partial charge is 0.492 e. The van der Waals surface area contributed by atoms with Gasteiger partial charge in [0.2, 0.25) is 0 Å². The third-order valence-electron chi connectivity index (χ3n) is 3.17. The van der Waals surface area contributed by atoms with E-state index in [1.54, 1.807) is 6.20 Å². The smallest absolute Gasteiger partial charge is 0.119 e. The second-order valence-electron chi connectivity index (χ2n) is 5.71. The molecule has 1 heterocycles. The molecule has 0 unspecified atom stereocenters. The molecule has 0 fully saturated rings. The van der Waals surface area contributed by atoms with E-state index in [4.69, 9.17) is 16.3 Å². The fourth-order valence-corrected chi connectivity index (χ4v) is 2.08. The molecule has 0 aliphatic heterocycles. The van der Waals surface area contributed by atoms with Crippen LogP contribution in [0.25, 0.3) is 0 Å². The monoisotopic (exact) mass is 307 g/mol. The molecule has 1 aromatic heterocycles. The van der Waals surface area contributed by atoms with Crippen molar-refractivity contribution in [3.63, 3.8) is 0 Å². The summed E-state index contributed by atoms with van der Waals surface area (Å²) in [6.45, 7) is 6.80. The van der Waals surface area contributed by atoms with Crippen molar-refractivity contribution in [2.45, 2.75) is 32.4 Å². The lowest BCUT2D eigenvalue weighted by Gasteiger charge is -2.26. The summed E-state index contributed by atoms with van der Waals surface area (Å²) >= 11 is 5.85. The molecule has 0 saturated carbocycles. The number of halogens is 1. The van der Waals surface area contributed by atoms with Gasteiger partial charge in [-0.15, -0.1) is 0 Å². The highest BCUT2D eigenvalue weighted by Gasteiger charge is 2.17. The fraction of sp³-hybridized carbons (Fsp3) is 0.438. The van der Waals surface area contributed by atoms with Crippen LogP contribution in [0.3, 0.4) is 0 Å². The van der Waals surface area contributed by atoms with Gasteiger partial charge in [-0.05, 0) is 51.1 Å². The Kier molecular flexibility index (Phi) is 5.65. The lowest BCUT2D eigenvalue weighted by molar-refractivity contribution is 0.207. The zero-order valence-corrected chi connectivity index (χ0v) is 13.3. The zero-order chi connectivity index (χ0) is 15.1. The molecule has 2 rings (SSSR count). The molecule has 1 aromatic carbocycles. The molecule has 1 N–H and O–H groups in total. The van der Waals surface area contributed by atoms with Gasteiger partial charge >= 0.3 is 0 Å². The van der Waals surface area contributed by atoms with Crippen LogP contribution in [-0.2, 0) is 6.54 Å². The number of benzene rings is 1. The number of imidazole rings is 1. The van der Waals surface area contributed by atoms with Crippen molar-refractivity contribution in [2.75, 3.05) is 13.2 Å². The van der Waals surface area contributed by atoms with Crippen LogP contribution in [-0.4, -0.2) is 28.2 Å². The molecule has 0 aliphatic carbocycles. The second-order valence-corrected chi connectivity index (χ2v) is 6.14. The minimum Gasteiger partial charge on any atom is -0.492 e. The summed E-state index contributed by atoms with van der Waals surface area (Å²) < 4.78 is 7.87. The van der Waals surface area contributed by atoms with Gasteiger partial charge in [-0.25, -0.2) is 4.98 Å². The van der Waals surface area contributed by atoms with E-state index in [9.17, 15) is 0 Å². The topological polar surface area (TPSA) is 39.1 Å². The molecule has 0 spiro atoms. The summed E-state index contributed by atoms with van der Waals surface area (Å²) in [5, 5.41) is 4.24. The highest BCUT2D eigenvalue weighted by molar-refractivity contribution is 6.30. The maximum Gasteiger partial charge on any atom is 0.119 e. The molecule has 114 valence electrons. The summed E-state index contributed by atoms with van der Waals surface area (Å²) in [6, 6.07) is 7.44. The Labute approximate surface area is 131 Å². The molecular formula is C16H22ClN3O. The molecule has 0 aliphatic rings. The Balaban J connectivity index is 1.67. The van der Waals surface area contributed by atoms with Crippen LogP contribution in [0.1, 0.15) is 20.3 Å². The minimum absolute atomic E-state index is 0.0748. The second kappa shape index (κ2) is 7.48. The molecule has 0 atom stereocenters. The van der Waals surface area contributed by atoms with Gasteiger partial charge in [0, 0.05) is 29.5 Å². The SMILES string of the molecule is CC(C)(COc1ccc(Cl)cc1)NCCCn1ccnc1. The van der Waals surface area contributed by atoms with Gasteiger partial charge < -0.3 is 14.6 Å². The van der Waals surface area contributed by atoms with E-state index in [0.717, 1.165) is 30.3 Å². The van der Waals surface area contributed by atoms with E-state index in [-0.39, 0.29) is 5.54 Å². The Morgan fingerprint density at radius 1 is 1.29 bits per heavy atom. The number of nitrogens with one attached hydrogen (secondary N) is 1. The molecule has 21 heavy (non-hydrogen) atoms. The maximum atomic E-state index is 5.85. The van der Waals surface area contributed by atoms with E-state index in [2.05, 4.69) is 28.7 Å². The van der Waals surface area contributed by atoms with Crippen molar-refractivity contribution >= 4 is 11.6 Å². The van der Waals surface area contributed by atoms with E-state index in [0.29, 0.717) is 6.61 Å². The van der Waals surface area contributed by atoms with Crippen LogP contribution in [0, 0.1) is 0 Å². The average molecular weight is 308 g/mol. The van der Waals surface area contributed by atoms with Crippen molar-refractivity contribution in [3.05, 3.63) is 48.0 Å². The number of hydrogen-bond acceptors (Lipinski definition) is 3. The molecule has 0 bridgehead atoms.